The maximum atomic E-state index is 6.29. The molecule has 0 unspecified atom stereocenters. The van der Waals surface area contributed by atoms with E-state index in [1.165, 1.54) is 75.9 Å². The van der Waals surface area contributed by atoms with Crippen LogP contribution in [0.15, 0.2) is 24.3 Å². The van der Waals surface area contributed by atoms with E-state index in [0.717, 1.165) is 57.6 Å². The van der Waals surface area contributed by atoms with Gasteiger partial charge in [-0.1, -0.05) is 102 Å². The smallest absolute Gasteiger partial charge is 0.136 e. The number of rotatable bonds is 16. The van der Waals surface area contributed by atoms with E-state index in [1.54, 1.807) is 0 Å². The minimum atomic E-state index is 0.669. The molecule has 0 N–H and O–H groups in total. The Morgan fingerprint density at radius 3 is 1.74 bits per heavy atom. The van der Waals surface area contributed by atoms with Crippen molar-refractivity contribution in [3.8, 4) is 35.2 Å². The fourth-order valence-corrected chi connectivity index (χ4v) is 5.10. The molecule has 0 aliphatic heterocycles. The fourth-order valence-electron chi connectivity index (χ4n) is 4.48. The van der Waals surface area contributed by atoms with Gasteiger partial charge >= 0.3 is 0 Å². The highest BCUT2D eigenvalue weighted by Gasteiger charge is 2.12. The molecule has 0 saturated heterocycles. The predicted octanol–water partition coefficient (Wildman–Crippen LogP) is 9.25. The summed E-state index contributed by atoms with van der Waals surface area (Å²) in [5.41, 5.74) is 5.43. The van der Waals surface area contributed by atoms with Crippen LogP contribution in [0.25, 0.3) is 11.0 Å². The zero-order chi connectivity index (χ0) is 27.7. The fraction of sp³-hybridized carbons (Fsp3) is 0.529. The largest absolute Gasteiger partial charge is 0.492 e. The summed E-state index contributed by atoms with van der Waals surface area (Å²) in [6.07, 6.45) is 14.7. The molecule has 0 aliphatic carbocycles. The number of nitrogens with zero attached hydrogens (tertiary/aromatic N) is 2. The highest BCUT2D eigenvalue weighted by atomic mass is 32.1. The normalized spacial score (nSPS) is 10.6. The molecule has 0 spiro atoms. The molecule has 0 radical (unpaired) electrons. The summed E-state index contributed by atoms with van der Waals surface area (Å²) in [5, 5.41) is 0. The van der Waals surface area contributed by atoms with Gasteiger partial charge in [0.25, 0.3) is 0 Å². The number of hydrogen-bond donors (Lipinski definition) is 0. The predicted molar refractivity (Wildman–Crippen MR) is 165 cm³/mol. The van der Waals surface area contributed by atoms with Crippen LogP contribution in [-0.4, -0.2) is 22.0 Å². The highest BCUT2D eigenvalue weighted by Crippen LogP contribution is 2.29. The zero-order valence-corrected chi connectivity index (χ0v) is 25.1. The first-order valence-corrected chi connectivity index (χ1v) is 15.5. The van der Waals surface area contributed by atoms with E-state index in [-0.39, 0.29) is 0 Å². The Morgan fingerprint density at radius 2 is 1.15 bits per heavy atom. The summed E-state index contributed by atoms with van der Waals surface area (Å²) in [7, 11) is 0. The Labute approximate surface area is 240 Å². The number of aryl methyl sites for hydroxylation is 1. The molecule has 0 bridgehead atoms. The Hall–Kier alpha value is -3.02. The summed E-state index contributed by atoms with van der Waals surface area (Å²) in [6.45, 7) is 9.75. The topological polar surface area (TPSA) is 44.2 Å². The Morgan fingerprint density at radius 1 is 0.641 bits per heavy atom. The van der Waals surface area contributed by atoms with Gasteiger partial charge in [-0.3, -0.25) is 0 Å². The maximum absolute atomic E-state index is 6.29. The molecule has 1 heterocycles. The van der Waals surface area contributed by atoms with Crippen LogP contribution in [-0.2, 0) is 0 Å². The van der Waals surface area contributed by atoms with Crippen LogP contribution in [0.5, 0.6) is 11.5 Å². The van der Waals surface area contributed by atoms with Gasteiger partial charge in [-0.05, 0) is 38.3 Å². The molecule has 0 atom stereocenters. The van der Waals surface area contributed by atoms with Gasteiger partial charge in [-0.25, -0.2) is 0 Å². The molecule has 0 fully saturated rings. The third kappa shape index (κ3) is 9.90. The minimum Gasteiger partial charge on any atom is -0.492 e. The van der Waals surface area contributed by atoms with E-state index < -0.39 is 0 Å². The zero-order valence-electron chi connectivity index (χ0n) is 24.3. The highest BCUT2D eigenvalue weighted by molar-refractivity contribution is 7.00. The van der Waals surface area contributed by atoms with Crippen LogP contribution in [0, 0.1) is 30.6 Å². The van der Waals surface area contributed by atoms with E-state index >= 15 is 0 Å². The van der Waals surface area contributed by atoms with Crippen molar-refractivity contribution in [2.45, 2.75) is 105 Å². The minimum absolute atomic E-state index is 0.669. The van der Waals surface area contributed by atoms with Crippen LogP contribution in [0.3, 0.4) is 0 Å². The number of hydrogen-bond acceptors (Lipinski definition) is 5. The SMILES string of the molecule is CC#Cc1cc(OCCCCCCCC)c(C#Cc2ccc(C)c3nsnc23)cc1OCCCCCCCC. The van der Waals surface area contributed by atoms with Gasteiger partial charge in [0.05, 0.1) is 41.6 Å². The van der Waals surface area contributed by atoms with Crippen molar-refractivity contribution in [1.82, 2.24) is 8.75 Å². The molecule has 0 aliphatic rings. The quantitative estimate of drug-likeness (QED) is 0.133. The third-order valence-electron chi connectivity index (χ3n) is 6.80. The van der Waals surface area contributed by atoms with Crippen LogP contribution in [0.1, 0.15) is 120 Å². The summed E-state index contributed by atoms with van der Waals surface area (Å²) in [4.78, 5) is 0. The van der Waals surface area contributed by atoms with Crippen LogP contribution in [0.2, 0.25) is 0 Å². The van der Waals surface area contributed by atoms with Crippen molar-refractivity contribution in [2.75, 3.05) is 13.2 Å². The first kappa shape index (κ1) is 30.5. The van der Waals surface area contributed by atoms with Crippen molar-refractivity contribution in [2.24, 2.45) is 0 Å². The first-order chi connectivity index (χ1) is 19.2. The maximum Gasteiger partial charge on any atom is 0.136 e. The lowest BCUT2D eigenvalue weighted by Gasteiger charge is -2.14. The lowest BCUT2D eigenvalue weighted by atomic mass is 10.1. The van der Waals surface area contributed by atoms with Crippen molar-refractivity contribution in [1.29, 1.82) is 0 Å². The first-order valence-electron chi connectivity index (χ1n) is 14.8. The van der Waals surface area contributed by atoms with Crippen molar-refractivity contribution < 1.29 is 9.47 Å². The number of ether oxygens (including phenoxy) is 2. The second-order valence-electron chi connectivity index (χ2n) is 10.1. The molecule has 2 aromatic carbocycles. The molecule has 208 valence electrons. The van der Waals surface area contributed by atoms with E-state index in [9.17, 15) is 0 Å². The number of unbranched alkanes of at least 4 members (excludes halogenated alkanes) is 10. The molecular formula is C34H44N2O2S. The molecular weight excluding hydrogens is 500 g/mol. The molecule has 4 nitrogen and oxygen atoms in total. The van der Waals surface area contributed by atoms with Crippen molar-refractivity contribution in [3.63, 3.8) is 0 Å². The van der Waals surface area contributed by atoms with Gasteiger partial charge in [-0.2, -0.15) is 8.75 Å². The Balaban J connectivity index is 1.81. The molecule has 3 rings (SSSR count). The molecule has 1 aromatic heterocycles. The second kappa shape index (κ2) is 17.5. The van der Waals surface area contributed by atoms with Gasteiger partial charge in [-0.15, -0.1) is 5.92 Å². The second-order valence-corrected chi connectivity index (χ2v) is 10.6. The molecule has 3 aromatic rings. The van der Waals surface area contributed by atoms with E-state index in [0.29, 0.717) is 13.2 Å². The average Bonchev–Trinajstić information content (AvgIpc) is 3.44. The average molecular weight is 545 g/mol. The van der Waals surface area contributed by atoms with Crippen LogP contribution >= 0.6 is 11.7 Å². The van der Waals surface area contributed by atoms with E-state index in [1.807, 2.05) is 25.1 Å². The third-order valence-corrected chi connectivity index (χ3v) is 7.33. The van der Waals surface area contributed by atoms with Crippen molar-refractivity contribution >= 4 is 22.8 Å². The number of benzene rings is 2. The van der Waals surface area contributed by atoms with Crippen LogP contribution < -0.4 is 9.47 Å². The van der Waals surface area contributed by atoms with Gasteiger partial charge < -0.3 is 9.47 Å². The monoisotopic (exact) mass is 544 g/mol. The van der Waals surface area contributed by atoms with E-state index in [4.69, 9.17) is 9.47 Å². The Bertz CT molecular complexity index is 1290. The van der Waals surface area contributed by atoms with Gasteiger partial charge in [0, 0.05) is 12.1 Å². The van der Waals surface area contributed by atoms with Gasteiger partial charge in [0.2, 0.25) is 0 Å². The molecule has 0 saturated carbocycles. The molecule has 39 heavy (non-hydrogen) atoms. The number of aromatic nitrogens is 2. The lowest BCUT2D eigenvalue weighted by molar-refractivity contribution is 0.295. The Kier molecular flexibility index (Phi) is 13.7. The summed E-state index contributed by atoms with van der Waals surface area (Å²) < 4.78 is 21.5. The summed E-state index contributed by atoms with van der Waals surface area (Å²) in [6, 6.07) is 8.09. The van der Waals surface area contributed by atoms with E-state index in [2.05, 4.69) is 59.3 Å². The molecule has 5 heteroatoms. The molecule has 0 amide bonds. The van der Waals surface area contributed by atoms with Crippen molar-refractivity contribution in [3.05, 3.63) is 46.5 Å². The summed E-state index contributed by atoms with van der Waals surface area (Å²) in [5.74, 6) is 14.5. The van der Waals surface area contributed by atoms with Gasteiger partial charge in [0.15, 0.2) is 0 Å². The summed E-state index contributed by atoms with van der Waals surface area (Å²) >= 11 is 1.23. The lowest BCUT2D eigenvalue weighted by Crippen LogP contribution is -2.03. The standard InChI is InChI=1S/C34H44N2O2S/c1-5-8-10-12-14-16-23-37-31-26-30(22-21-28-20-19-27(4)33-34(28)36-39-35-33)32(25-29(31)18-7-3)38-24-17-15-13-11-9-6-2/h19-20,25-26H,5-6,8-17,23-24H2,1-4H3. The van der Waals surface area contributed by atoms with Gasteiger partial charge in [0.1, 0.15) is 22.5 Å². The van der Waals surface area contributed by atoms with Crippen LogP contribution in [0.4, 0.5) is 0 Å². The number of fused-ring (bicyclic) bond motifs is 1.